The lowest BCUT2D eigenvalue weighted by Gasteiger charge is -2.37. The van der Waals surface area contributed by atoms with Gasteiger partial charge in [0.2, 0.25) is 5.91 Å². The molecule has 3 nitrogen and oxygen atoms in total. The van der Waals surface area contributed by atoms with Crippen molar-refractivity contribution in [2.75, 3.05) is 6.54 Å². The Balaban J connectivity index is 1.77. The fourth-order valence-electron chi connectivity index (χ4n) is 3.76. The molecule has 0 unspecified atom stereocenters. The summed E-state index contributed by atoms with van der Waals surface area (Å²) in [6.45, 7) is 2.92. The maximum atomic E-state index is 13.1. The lowest BCUT2D eigenvalue weighted by Crippen LogP contribution is -2.48. The second kappa shape index (κ2) is 5.80. The first-order chi connectivity index (χ1) is 10.2. The molecule has 0 spiro atoms. The zero-order valence-electron chi connectivity index (χ0n) is 12.9. The van der Waals surface area contributed by atoms with E-state index in [0.717, 1.165) is 45.1 Å². The van der Waals surface area contributed by atoms with Crippen LogP contribution in [0.5, 0.6) is 0 Å². The number of amides is 1. The minimum atomic E-state index is -0.225. The van der Waals surface area contributed by atoms with Crippen molar-refractivity contribution >= 4 is 5.91 Å². The monoisotopic (exact) mass is 286 g/mol. The number of hydrogen-bond acceptors (Lipinski definition) is 2. The fraction of sp³-hybridized carbons (Fsp3) is 0.611. The molecule has 0 atom stereocenters. The maximum absolute atomic E-state index is 13.1. The van der Waals surface area contributed by atoms with E-state index in [1.165, 1.54) is 5.56 Å². The molecular formula is C18H26N2O. The lowest BCUT2D eigenvalue weighted by molar-refractivity contribution is -0.136. The zero-order valence-corrected chi connectivity index (χ0v) is 12.9. The van der Waals surface area contributed by atoms with E-state index in [-0.39, 0.29) is 5.41 Å². The van der Waals surface area contributed by atoms with Gasteiger partial charge in [-0.25, -0.2) is 0 Å². The first kappa shape index (κ1) is 14.6. The van der Waals surface area contributed by atoms with Crippen LogP contribution in [-0.2, 0) is 10.2 Å². The Labute approximate surface area is 127 Å². The summed E-state index contributed by atoms with van der Waals surface area (Å²) in [5.41, 5.74) is 6.97. The summed E-state index contributed by atoms with van der Waals surface area (Å²) in [6.07, 6.45) is 6.22. The van der Waals surface area contributed by atoms with E-state index < -0.39 is 0 Å². The van der Waals surface area contributed by atoms with Gasteiger partial charge in [0.25, 0.3) is 0 Å². The Morgan fingerprint density at radius 2 is 1.81 bits per heavy atom. The molecule has 0 saturated heterocycles. The first-order valence-electron chi connectivity index (χ1n) is 8.29. The highest BCUT2D eigenvalue weighted by Gasteiger charge is 2.53. The van der Waals surface area contributed by atoms with E-state index in [9.17, 15) is 4.79 Å². The molecular weight excluding hydrogens is 260 g/mol. The molecule has 0 aliphatic heterocycles. The third-order valence-electron chi connectivity index (χ3n) is 5.27. The Kier molecular flexibility index (Phi) is 4.03. The molecule has 1 amide bonds. The van der Waals surface area contributed by atoms with E-state index >= 15 is 0 Å². The van der Waals surface area contributed by atoms with Gasteiger partial charge in [0.05, 0.1) is 5.41 Å². The number of carbonyl (C=O) groups is 1. The van der Waals surface area contributed by atoms with Crippen molar-refractivity contribution < 1.29 is 4.79 Å². The maximum Gasteiger partial charge on any atom is 0.233 e. The van der Waals surface area contributed by atoms with Crippen LogP contribution in [0, 0.1) is 0 Å². The molecule has 3 heteroatoms. The van der Waals surface area contributed by atoms with Gasteiger partial charge in [0, 0.05) is 18.6 Å². The molecule has 0 bridgehead atoms. The SMILES string of the molecule is CCN(C(=O)C1(c2ccccc2)CC1)C1CCC(N)CC1. The zero-order chi connectivity index (χ0) is 14.9. The van der Waals surface area contributed by atoms with Crippen molar-refractivity contribution in [2.45, 2.75) is 62.9 Å². The first-order valence-corrected chi connectivity index (χ1v) is 8.29. The van der Waals surface area contributed by atoms with Crippen LogP contribution in [0.1, 0.15) is 51.0 Å². The molecule has 1 aromatic carbocycles. The van der Waals surface area contributed by atoms with Crippen molar-refractivity contribution in [3.63, 3.8) is 0 Å². The van der Waals surface area contributed by atoms with Crippen LogP contribution in [0.2, 0.25) is 0 Å². The van der Waals surface area contributed by atoms with Gasteiger partial charge in [0.1, 0.15) is 0 Å². The molecule has 2 aliphatic carbocycles. The van der Waals surface area contributed by atoms with Crippen molar-refractivity contribution in [2.24, 2.45) is 5.73 Å². The van der Waals surface area contributed by atoms with Crippen LogP contribution in [0.4, 0.5) is 0 Å². The van der Waals surface area contributed by atoms with Crippen LogP contribution in [0.3, 0.4) is 0 Å². The van der Waals surface area contributed by atoms with E-state index in [4.69, 9.17) is 5.73 Å². The van der Waals surface area contributed by atoms with Gasteiger partial charge in [-0.15, -0.1) is 0 Å². The van der Waals surface area contributed by atoms with Gasteiger partial charge < -0.3 is 10.6 Å². The van der Waals surface area contributed by atoms with E-state index in [1.54, 1.807) is 0 Å². The lowest BCUT2D eigenvalue weighted by atomic mass is 9.88. The standard InChI is InChI=1S/C18H26N2O/c1-2-20(16-10-8-15(19)9-11-16)17(21)18(12-13-18)14-6-4-3-5-7-14/h3-7,15-16H,2,8-13,19H2,1H3. The van der Waals surface area contributed by atoms with Crippen molar-refractivity contribution in [3.8, 4) is 0 Å². The van der Waals surface area contributed by atoms with Crippen LogP contribution in [0.15, 0.2) is 30.3 Å². The average Bonchev–Trinajstić information content (AvgIpc) is 3.32. The van der Waals surface area contributed by atoms with Crippen molar-refractivity contribution in [1.82, 2.24) is 4.90 Å². The van der Waals surface area contributed by atoms with Gasteiger partial charge >= 0.3 is 0 Å². The van der Waals surface area contributed by atoms with Gasteiger partial charge in [0.15, 0.2) is 0 Å². The molecule has 2 fully saturated rings. The molecule has 114 valence electrons. The van der Waals surface area contributed by atoms with Gasteiger partial charge in [-0.05, 0) is 51.0 Å². The van der Waals surface area contributed by atoms with Gasteiger partial charge in [-0.2, -0.15) is 0 Å². The number of hydrogen-bond donors (Lipinski definition) is 1. The second-order valence-electron chi connectivity index (χ2n) is 6.61. The van der Waals surface area contributed by atoms with E-state index in [1.807, 2.05) is 18.2 Å². The fourth-order valence-corrected chi connectivity index (χ4v) is 3.76. The smallest absolute Gasteiger partial charge is 0.233 e. The predicted molar refractivity (Wildman–Crippen MR) is 85.0 cm³/mol. The minimum absolute atomic E-state index is 0.225. The van der Waals surface area contributed by atoms with Crippen LogP contribution in [-0.4, -0.2) is 29.4 Å². The molecule has 0 aromatic heterocycles. The Bertz CT molecular complexity index is 487. The number of carbonyl (C=O) groups excluding carboxylic acids is 1. The molecule has 2 saturated carbocycles. The second-order valence-corrected chi connectivity index (χ2v) is 6.61. The number of nitrogens with zero attached hydrogens (tertiary/aromatic N) is 1. The van der Waals surface area contributed by atoms with Gasteiger partial charge in [-0.1, -0.05) is 30.3 Å². The van der Waals surface area contributed by atoms with Crippen molar-refractivity contribution in [3.05, 3.63) is 35.9 Å². The van der Waals surface area contributed by atoms with E-state index in [2.05, 4.69) is 24.0 Å². The largest absolute Gasteiger partial charge is 0.339 e. The molecule has 3 rings (SSSR count). The van der Waals surface area contributed by atoms with E-state index in [0.29, 0.717) is 18.0 Å². The highest BCUT2D eigenvalue weighted by atomic mass is 16.2. The Hall–Kier alpha value is -1.35. The number of nitrogens with two attached hydrogens (primary N) is 1. The molecule has 2 N–H and O–H groups in total. The highest BCUT2D eigenvalue weighted by molar-refractivity contribution is 5.91. The third kappa shape index (κ3) is 2.71. The Morgan fingerprint density at radius 3 is 2.33 bits per heavy atom. The minimum Gasteiger partial charge on any atom is -0.339 e. The highest BCUT2D eigenvalue weighted by Crippen LogP contribution is 2.50. The summed E-state index contributed by atoms with van der Waals surface area (Å²) in [6, 6.07) is 11.0. The molecule has 21 heavy (non-hydrogen) atoms. The van der Waals surface area contributed by atoms with Gasteiger partial charge in [-0.3, -0.25) is 4.79 Å². The van der Waals surface area contributed by atoms with Crippen molar-refractivity contribution in [1.29, 1.82) is 0 Å². The van der Waals surface area contributed by atoms with Crippen LogP contribution in [0.25, 0.3) is 0 Å². The number of benzene rings is 1. The average molecular weight is 286 g/mol. The molecule has 0 radical (unpaired) electrons. The Morgan fingerprint density at radius 1 is 1.19 bits per heavy atom. The molecule has 0 heterocycles. The van der Waals surface area contributed by atoms with Crippen LogP contribution >= 0.6 is 0 Å². The molecule has 2 aliphatic rings. The number of rotatable bonds is 4. The molecule has 1 aromatic rings. The summed E-state index contributed by atoms with van der Waals surface area (Å²) in [5, 5.41) is 0. The predicted octanol–water partition coefficient (Wildman–Crippen LogP) is 2.84. The van der Waals surface area contributed by atoms with Crippen LogP contribution < -0.4 is 5.73 Å². The normalized spacial score (nSPS) is 27.1. The summed E-state index contributed by atoms with van der Waals surface area (Å²) >= 11 is 0. The topological polar surface area (TPSA) is 46.3 Å². The summed E-state index contributed by atoms with van der Waals surface area (Å²) in [5.74, 6) is 0.344. The third-order valence-corrected chi connectivity index (χ3v) is 5.27. The summed E-state index contributed by atoms with van der Waals surface area (Å²) < 4.78 is 0. The summed E-state index contributed by atoms with van der Waals surface area (Å²) in [4.78, 5) is 15.3. The number of likely N-dealkylation sites (N-methyl/N-ethyl adjacent to an activating group) is 1. The quantitative estimate of drug-likeness (QED) is 0.925. The summed E-state index contributed by atoms with van der Waals surface area (Å²) in [7, 11) is 0.